The van der Waals surface area contributed by atoms with Gasteiger partial charge in [0.25, 0.3) is 0 Å². The van der Waals surface area contributed by atoms with E-state index in [1.807, 2.05) is 12.1 Å². The van der Waals surface area contributed by atoms with Crippen molar-refractivity contribution in [3.05, 3.63) is 66.1 Å². The zero-order valence-corrected chi connectivity index (χ0v) is 22.8. The number of hydrogen-bond donors (Lipinski definition) is 2. The van der Waals surface area contributed by atoms with Crippen LogP contribution in [0.3, 0.4) is 0 Å². The highest BCUT2D eigenvalue weighted by Crippen LogP contribution is 2.33. The van der Waals surface area contributed by atoms with Crippen LogP contribution in [-0.4, -0.2) is 61.7 Å². The van der Waals surface area contributed by atoms with Crippen molar-refractivity contribution in [3.63, 3.8) is 0 Å². The van der Waals surface area contributed by atoms with Gasteiger partial charge >= 0.3 is 0 Å². The van der Waals surface area contributed by atoms with E-state index in [0.29, 0.717) is 16.8 Å². The van der Waals surface area contributed by atoms with Crippen LogP contribution < -0.4 is 10.2 Å². The Labute approximate surface area is 226 Å². The van der Waals surface area contributed by atoms with Crippen LogP contribution in [0.2, 0.25) is 0 Å². The normalized spacial score (nSPS) is 15.1. The van der Waals surface area contributed by atoms with Crippen LogP contribution >= 0.6 is 0 Å². The molecule has 0 radical (unpaired) electrons. The molecule has 0 saturated carbocycles. The summed E-state index contributed by atoms with van der Waals surface area (Å²) in [4.78, 5) is 21.7. The van der Waals surface area contributed by atoms with Crippen molar-refractivity contribution in [3.8, 4) is 11.3 Å². The molecular weight excluding hydrogens is 500 g/mol. The molecule has 4 heterocycles. The summed E-state index contributed by atoms with van der Waals surface area (Å²) in [5, 5.41) is 14.0. The van der Waals surface area contributed by atoms with Gasteiger partial charge in [-0.05, 0) is 70.5 Å². The molecule has 1 aliphatic heterocycles. The van der Waals surface area contributed by atoms with E-state index in [9.17, 15) is 9.50 Å². The molecule has 39 heavy (non-hydrogen) atoms. The van der Waals surface area contributed by atoms with Gasteiger partial charge < -0.3 is 15.3 Å². The summed E-state index contributed by atoms with van der Waals surface area (Å²) >= 11 is 0. The van der Waals surface area contributed by atoms with E-state index in [1.165, 1.54) is 12.3 Å². The van der Waals surface area contributed by atoms with Gasteiger partial charge in [-0.3, -0.25) is 9.88 Å². The van der Waals surface area contributed by atoms with Crippen molar-refractivity contribution >= 4 is 28.4 Å². The number of aromatic nitrogens is 4. The minimum absolute atomic E-state index is 0.0767. The standard InChI is InChI=1S/C29H33F2N7O/c1-28(2,3)38-12-10-37(11-13-38)19-6-7-24(33-16-19)35-27-34-17-23(31)25(36-27)18-14-20-21(29(4,5)39)8-9-32-26(20)22(30)15-18/h6-9,14-17,39H,10-13H2,1-5H3,(H,33,34,35,36). The molecule has 0 unspecified atom stereocenters. The second-order valence-corrected chi connectivity index (χ2v) is 11.3. The Balaban J connectivity index is 1.38. The minimum Gasteiger partial charge on any atom is -0.386 e. The molecule has 1 aliphatic rings. The Morgan fingerprint density at radius 2 is 1.62 bits per heavy atom. The second-order valence-electron chi connectivity index (χ2n) is 11.3. The molecule has 0 spiro atoms. The van der Waals surface area contributed by atoms with Crippen LogP contribution in [0.5, 0.6) is 0 Å². The summed E-state index contributed by atoms with van der Waals surface area (Å²) in [5.41, 5.74) is 0.630. The van der Waals surface area contributed by atoms with Crippen LogP contribution in [0.15, 0.2) is 48.9 Å². The zero-order valence-electron chi connectivity index (χ0n) is 22.8. The summed E-state index contributed by atoms with van der Waals surface area (Å²) in [6.07, 6.45) is 4.27. The van der Waals surface area contributed by atoms with E-state index in [1.54, 1.807) is 32.2 Å². The number of rotatable bonds is 5. The molecule has 1 fully saturated rings. The Kier molecular flexibility index (Phi) is 6.94. The van der Waals surface area contributed by atoms with Gasteiger partial charge in [0.05, 0.1) is 23.7 Å². The van der Waals surface area contributed by atoms with Crippen LogP contribution in [-0.2, 0) is 5.60 Å². The SMILES string of the molecule is CC(C)(O)c1ccnc2c(F)cc(-c3nc(Nc4ccc(N5CCN(C(C)(C)C)CC5)cn4)ncc3F)cc12. The van der Waals surface area contributed by atoms with Crippen molar-refractivity contribution in [2.45, 2.75) is 45.8 Å². The fourth-order valence-electron chi connectivity index (χ4n) is 4.91. The number of pyridine rings is 2. The number of piperazine rings is 1. The van der Waals surface area contributed by atoms with Crippen molar-refractivity contribution in [2.75, 3.05) is 36.4 Å². The number of aliphatic hydroxyl groups is 1. The van der Waals surface area contributed by atoms with Gasteiger partial charge in [-0.15, -0.1) is 0 Å². The Hall–Kier alpha value is -3.76. The molecule has 1 aromatic carbocycles. The Morgan fingerprint density at radius 1 is 0.872 bits per heavy atom. The molecule has 1 saturated heterocycles. The summed E-state index contributed by atoms with van der Waals surface area (Å²) in [5.74, 6) is -0.713. The van der Waals surface area contributed by atoms with Crippen LogP contribution in [0.4, 0.5) is 26.2 Å². The average molecular weight is 534 g/mol. The Bertz CT molecular complexity index is 1490. The topological polar surface area (TPSA) is 90.3 Å². The number of nitrogens with zero attached hydrogens (tertiary/aromatic N) is 6. The molecule has 0 aliphatic carbocycles. The lowest BCUT2D eigenvalue weighted by atomic mass is 9.93. The van der Waals surface area contributed by atoms with E-state index in [2.05, 4.69) is 55.8 Å². The fourth-order valence-corrected chi connectivity index (χ4v) is 4.91. The first kappa shape index (κ1) is 26.8. The van der Waals surface area contributed by atoms with E-state index >= 15 is 4.39 Å². The third-order valence-corrected chi connectivity index (χ3v) is 7.06. The predicted octanol–water partition coefficient (Wildman–Crippen LogP) is 5.26. The quantitative estimate of drug-likeness (QED) is 0.359. The van der Waals surface area contributed by atoms with Gasteiger partial charge in [-0.1, -0.05) is 0 Å². The van der Waals surface area contributed by atoms with Crippen LogP contribution in [0.1, 0.15) is 40.2 Å². The lowest BCUT2D eigenvalue weighted by Gasteiger charge is -2.42. The van der Waals surface area contributed by atoms with Gasteiger partial charge in [0.15, 0.2) is 5.82 Å². The molecule has 0 amide bonds. The zero-order chi connectivity index (χ0) is 27.9. The minimum atomic E-state index is -1.25. The summed E-state index contributed by atoms with van der Waals surface area (Å²) in [7, 11) is 0. The summed E-state index contributed by atoms with van der Waals surface area (Å²) < 4.78 is 29.9. The van der Waals surface area contributed by atoms with Crippen molar-refractivity contribution < 1.29 is 13.9 Å². The van der Waals surface area contributed by atoms with Crippen molar-refractivity contribution in [2.24, 2.45) is 0 Å². The predicted molar refractivity (Wildman–Crippen MR) is 149 cm³/mol. The van der Waals surface area contributed by atoms with Gasteiger partial charge in [0.1, 0.15) is 22.8 Å². The largest absolute Gasteiger partial charge is 0.386 e. The lowest BCUT2D eigenvalue weighted by Crippen LogP contribution is -2.53. The highest BCUT2D eigenvalue weighted by molar-refractivity contribution is 5.88. The molecule has 8 nitrogen and oxygen atoms in total. The molecule has 10 heteroatoms. The third-order valence-electron chi connectivity index (χ3n) is 7.06. The van der Waals surface area contributed by atoms with Crippen LogP contribution in [0.25, 0.3) is 22.2 Å². The Morgan fingerprint density at radius 3 is 2.26 bits per heavy atom. The van der Waals surface area contributed by atoms with E-state index in [4.69, 9.17) is 0 Å². The van der Waals surface area contributed by atoms with E-state index in [0.717, 1.165) is 38.1 Å². The third kappa shape index (κ3) is 5.67. The first-order valence-electron chi connectivity index (χ1n) is 13.0. The number of hydrogen-bond acceptors (Lipinski definition) is 8. The van der Waals surface area contributed by atoms with E-state index < -0.39 is 17.2 Å². The monoisotopic (exact) mass is 533 g/mol. The number of nitrogens with one attached hydrogen (secondary N) is 1. The molecule has 5 rings (SSSR count). The molecule has 0 bridgehead atoms. The summed E-state index contributed by atoms with van der Waals surface area (Å²) in [6.45, 7) is 13.7. The number of anilines is 3. The first-order valence-corrected chi connectivity index (χ1v) is 13.0. The molecular formula is C29H33F2N7O. The van der Waals surface area contributed by atoms with E-state index in [-0.39, 0.29) is 28.3 Å². The maximum atomic E-state index is 15.0. The number of benzene rings is 1. The highest BCUT2D eigenvalue weighted by atomic mass is 19.1. The highest BCUT2D eigenvalue weighted by Gasteiger charge is 2.26. The molecule has 2 N–H and O–H groups in total. The molecule has 0 atom stereocenters. The smallest absolute Gasteiger partial charge is 0.229 e. The van der Waals surface area contributed by atoms with Gasteiger partial charge in [0, 0.05) is 48.9 Å². The number of fused-ring (bicyclic) bond motifs is 1. The van der Waals surface area contributed by atoms with Crippen molar-refractivity contribution in [1.29, 1.82) is 0 Å². The lowest BCUT2D eigenvalue weighted by molar-refractivity contribution is 0.0801. The molecule has 204 valence electrons. The fraction of sp³-hybridized carbons (Fsp3) is 0.379. The van der Waals surface area contributed by atoms with Crippen LogP contribution in [0, 0.1) is 11.6 Å². The number of halogens is 2. The van der Waals surface area contributed by atoms with Gasteiger partial charge in [-0.25, -0.2) is 23.7 Å². The second kappa shape index (κ2) is 10.1. The maximum absolute atomic E-state index is 15.0. The maximum Gasteiger partial charge on any atom is 0.229 e. The molecule has 3 aromatic heterocycles. The van der Waals surface area contributed by atoms with Gasteiger partial charge in [0.2, 0.25) is 5.95 Å². The first-order chi connectivity index (χ1) is 18.4. The average Bonchev–Trinajstić information content (AvgIpc) is 2.89. The van der Waals surface area contributed by atoms with Gasteiger partial charge in [-0.2, -0.15) is 0 Å². The van der Waals surface area contributed by atoms with Crippen molar-refractivity contribution in [1.82, 2.24) is 24.8 Å². The molecule has 4 aromatic rings. The summed E-state index contributed by atoms with van der Waals surface area (Å²) in [6, 6.07) is 8.20.